The predicted octanol–water partition coefficient (Wildman–Crippen LogP) is 1.90. The molecule has 4 heterocycles. The maximum atomic E-state index is 12.1. The van der Waals surface area contributed by atoms with Crippen molar-refractivity contribution in [2.24, 2.45) is 0 Å². The van der Waals surface area contributed by atoms with Crippen LogP contribution < -0.4 is 10.6 Å². The highest BCUT2D eigenvalue weighted by Crippen LogP contribution is 2.40. The molecule has 2 aliphatic heterocycles. The Hall–Kier alpha value is -2.19. The fourth-order valence-electron chi connectivity index (χ4n) is 3.66. The molecule has 2 aliphatic rings. The van der Waals surface area contributed by atoms with E-state index in [1.807, 2.05) is 0 Å². The van der Waals surface area contributed by atoms with Gasteiger partial charge in [0, 0.05) is 36.4 Å². The van der Waals surface area contributed by atoms with Crippen LogP contribution in [0.1, 0.15) is 51.7 Å². The standard InChI is InChI=1S/C17H21N5O2S/c1-18-17(24)15-14-11(7-13(23)19-16(14)21-20-15)12-6-10(9-25-12)8-22-4-2-3-5-22/h6,9,11H,2-5,7-8H2,1H3,(H,18,24)(H2,19,20,21,23). The van der Waals surface area contributed by atoms with E-state index in [4.69, 9.17) is 0 Å². The Morgan fingerprint density at radius 2 is 2.24 bits per heavy atom. The van der Waals surface area contributed by atoms with E-state index in [1.165, 1.54) is 18.4 Å². The molecule has 132 valence electrons. The van der Waals surface area contributed by atoms with Crippen molar-refractivity contribution in [3.63, 3.8) is 0 Å². The molecule has 0 aromatic carbocycles. The summed E-state index contributed by atoms with van der Waals surface area (Å²) in [5.41, 5.74) is 2.49. The summed E-state index contributed by atoms with van der Waals surface area (Å²) in [7, 11) is 1.59. The van der Waals surface area contributed by atoms with E-state index in [0.717, 1.165) is 30.1 Å². The number of amides is 2. The topological polar surface area (TPSA) is 90.1 Å². The third-order valence-electron chi connectivity index (χ3n) is 4.88. The number of aromatic nitrogens is 2. The minimum atomic E-state index is -0.219. The van der Waals surface area contributed by atoms with E-state index < -0.39 is 0 Å². The fourth-order valence-corrected chi connectivity index (χ4v) is 4.67. The maximum absolute atomic E-state index is 12.1. The summed E-state index contributed by atoms with van der Waals surface area (Å²) in [6, 6.07) is 2.18. The van der Waals surface area contributed by atoms with Gasteiger partial charge in [-0.2, -0.15) is 5.10 Å². The molecule has 2 aromatic heterocycles. The Kier molecular flexibility index (Phi) is 4.30. The Morgan fingerprint density at radius 3 is 3.00 bits per heavy atom. The van der Waals surface area contributed by atoms with E-state index in [0.29, 0.717) is 17.9 Å². The van der Waals surface area contributed by atoms with E-state index in [2.05, 4.69) is 37.2 Å². The molecule has 7 nitrogen and oxygen atoms in total. The number of likely N-dealkylation sites (tertiary alicyclic amines) is 1. The molecule has 0 aliphatic carbocycles. The van der Waals surface area contributed by atoms with Crippen molar-refractivity contribution < 1.29 is 9.59 Å². The Bertz CT molecular complexity index is 806. The minimum Gasteiger partial charge on any atom is -0.354 e. The van der Waals surface area contributed by atoms with Crippen LogP contribution in [0.15, 0.2) is 11.4 Å². The van der Waals surface area contributed by atoms with Crippen molar-refractivity contribution in [1.82, 2.24) is 20.4 Å². The third-order valence-corrected chi connectivity index (χ3v) is 5.97. The Morgan fingerprint density at radius 1 is 1.44 bits per heavy atom. The van der Waals surface area contributed by atoms with E-state index in [1.54, 1.807) is 18.4 Å². The average molecular weight is 359 g/mol. The summed E-state index contributed by atoms with van der Waals surface area (Å²) in [6.45, 7) is 3.27. The Balaban J connectivity index is 1.64. The summed E-state index contributed by atoms with van der Waals surface area (Å²) in [4.78, 5) is 27.8. The van der Waals surface area contributed by atoms with Gasteiger partial charge in [-0.3, -0.25) is 19.6 Å². The number of H-pyrrole nitrogens is 1. The summed E-state index contributed by atoms with van der Waals surface area (Å²) < 4.78 is 0. The van der Waals surface area contributed by atoms with Crippen molar-refractivity contribution in [3.05, 3.63) is 33.1 Å². The SMILES string of the molecule is CNC(=O)c1[nH]nc2c1C(c1cc(CN3CCCC3)cs1)CC(=O)N2. The number of nitrogens with zero attached hydrogens (tertiary/aromatic N) is 2. The largest absolute Gasteiger partial charge is 0.354 e. The molecule has 3 N–H and O–H groups in total. The lowest BCUT2D eigenvalue weighted by atomic mass is 9.90. The number of anilines is 1. The van der Waals surface area contributed by atoms with Crippen LogP contribution in [0.2, 0.25) is 0 Å². The summed E-state index contributed by atoms with van der Waals surface area (Å²) in [5, 5.41) is 14.4. The van der Waals surface area contributed by atoms with Crippen LogP contribution in [-0.4, -0.2) is 47.0 Å². The van der Waals surface area contributed by atoms with Gasteiger partial charge >= 0.3 is 0 Å². The molecule has 0 saturated carbocycles. The lowest BCUT2D eigenvalue weighted by Crippen LogP contribution is -2.26. The zero-order valence-electron chi connectivity index (χ0n) is 14.1. The fraction of sp³-hybridized carbons (Fsp3) is 0.471. The molecule has 8 heteroatoms. The molecule has 2 amide bonds. The first kappa shape index (κ1) is 16.3. The molecule has 25 heavy (non-hydrogen) atoms. The van der Waals surface area contributed by atoms with Gasteiger partial charge < -0.3 is 10.6 Å². The van der Waals surface area contributed by atoms with Crippen LogP contribution in [0, 0.1) is 0 Å². The number of thiophene rings is 1. The minimum absolute atomic E-state index is 0.0676. The van der Waals surface area contributed by atoms with Gasteiger partial charge in [-0.25, -0.2) is 0 Å². The van der Waals surface area contributed by atoms with Gasteiger partial charge in [0.2, 0.25) is 5.91 Å². The van der Waals surface area contributed by atoms with Crippen LogP contribution in [0.3, 0.4) is 0 Å². The van der Waals surface area contributed by atoms with Crippen LogP contribution in [-0.2, 0) is 11.3 Å². The Labute approximate surface area is 149 Å². The zero-order valence-corrected chi connectivity index (χ0v) is 14.9. The molecular weight excluding hydrogens is 338 g/mol. The number of aromatic amines is 1. The lowest BCUT2D eigenvalue weighted by Gasteiger charge is -2.21. The second kappa shape index (κ2) is 6.61. The number of carbonyl (C=O) groups is 2. The number of rotatable bonds is 4. The number of nitrogens with one attached hydrogen (secondary N) is 3. The quantitative estimate of drug-likeness (QED) is 0.778. The van der Waals surface area contributed by atoms with Gasteiger partial charge in [0.25, 0.3) is 5.91 Å². The summed E-state index contributed by atoms with van der Waals surface area (Å²) in [6.07, 6.45) is 2.88. The first-order chi connectivity index (χ1) is 12.2. The van der Waals surface area contributed by atoms with E-state index in [-0.39, 0.29) is 17.7 Å². The molecule has 0 bridgehead atoms. The highest BCUT2D eigenvalue weighted by Gasteiger charge is 2.34. The van der Waals surface area contributed by atoms with Crippen molar-refractivity contribution in [2.45, 2.75) is 31.7 Å². The molecule has 1 fully saturated rings. The number of hydrogen-bond acceptors (Lipinski definition) is 5. The number of carbonyl (C=O) groups excluding carboxylic acids is 2. The monoisotopic (exact) mass is 359 g/mol. The van der Waals surface area contributed by atoms with Crippen molar-refractivity contribution >= 4 is 29.0 Å². The predicted molar refractivity (Wildman–Crippen MR) is 95.9 cm³/mol. The number of fused-ring (bicyclic) bond motifs is 1. The van der Waals surface area contributed by atoms with Gasteiger partial charge in [0.15, 0.2) is 5.82 Å². The molecule has 0 spiro atoms. The molecule has 1 saturated heterocycles. The zero-order chi connectivity index (χ0) is 17.4. The van der Waals surface area contributed by atoms with Crippen LogP contribution in [0.5, 0.6) is 0 Å². The van der Waals surface area contributed by atoms with Crippen molar-refractivity contribution in [1.29, 1.82) is 0 Å². The molecule has 2 aromatic rings. The summed E-state index contributed by atoms with van der Waals surface area (Å²) in [5.74, 6) is 0.0483. The van der Waals surface area contributed by atoms with Crippen LogP contribution >= 0.6 is 11.3 Å². The third kappa shape index (κ3) is 3.07. The lowest BCUT2D eigenvalue weighted by molar-refractivity contribution is -0.116. The van der Waals surface area contributed by atoms with Crippen molar-refractivity contribution in [2.75, 3.05) is 25.5 Å². The second-order valence-electron chi connectivity index (χ2n) is 6.59. The van der Waals surface area contributed by atoms with Gasteiger partial charge in [-0.1, -0.05) is 0 Å². The smallest absolute Gasteiger partial charge is 0.269 e. The normalized spacial score (nSPS) is 20.4. The highest BCUT2D eigenvalue weighted by molar-refractivity contribution is 7.10. The van der Waals surface area contributed by atoms with E-state index >= 15 is 0 Å². The van der Waals surface area contributed by atoms with E-state index in [9.17, 15) is 9.59 Å². The molecule has 1 atom stereocenters. The van der Waals surface area contributed by atoms with Gasteiger partial charge in [-0.05, 0) is 42.9 Å². The first-order valence-electron chi connectivity index (χ1n) is 8.55. The van der Waals surface area contributed by atoms with Gasteiger partial charge in [0.05, 0.1) is 0 Å². The van der Waals surface area contributed by atoms with Gasteiger partial charge in [0.1, 0.15) is 5.69 Å². The van der Waals surface area contributed by atoms with Crippen molar-refractivity contribution in [3.8, 4) is 0 Å². The maximum Gasteiger partial charge on any atom is 0.269 e. The molecule has 0 radical (unpaired) electrons. The second-order valence-corrected chi connectivity index (χ2v) is 7.53. The molecule has 4 rings (SSSR count). The molecular formula is C17H21N5O2S. The number of hydrogen-bond donors (Lipinski definition) is 3. The molecule has 1 unspecified atom stereocenters. The first-order valence-corrected chi connectivity index (χ1v) is 9.43. The van der Waals surface area contributed by atoms with Gasteiger partial charge in [-0.15, -0.1) is 11.3 Å². The highest BCUT2D eigenvalue weighted by atomic mass is 32.1. The van der Waals surface area contributed by atoms with Crippen LogP contribution in [0.25, 0.3) is 0 Å². The van der Waals surface area contributed by atoms with Crippen LogP contribution in [0.4, 0.5) is 5.82 Å². The average Bonchev–Trinajstić information content (AvgIpc) is 3.34. The summed E-state index contributed by atoms with van der Waals surface area (Å²) >= 11 is 1.66.